The van der Waals surface area contributed by atoms with E-state index in [2.05, 4.69) is 194 Å². The third kappa shape index (κ3) is 3.76. The molecule has 0 amide bonds. The molecular weight excluding hydrogens is 654 g/mol. The lowest BCUT2D eigenvalue weighted by Crippen LogP contribution is -2.63. The van der Waals surface area contributed by atoms with Gasteiger partial charge in [0.05, 0.1) is 0 Å². The zero-order valence-corrected chi connectivity index (χ0v) is 31.6. The van der Waals surface area contributed by atoms with Crippen molar-refractivity contribution in [3.05, 3.63) is 145 Å². The molecule has 0 unspecified atom stereocenters. The summed E-state index contributed by atoms with van der Waals surface area (Å²) in [4.78, 5) is 5.15. The fraction of sp³-hybridized carbons (Fsp3) is 0.167. The highest BCUT2D eigenvalue weighted by Gasteiger charge is 2.50. The minimum Gasteiger partial charge on any atom is -0.382 e. The summed E-state index contributed by atoms with van der Waals surface area (Å²) in [5.41, 5.74) is 21.1. The van der Waals surface area contributed by atoms with Gasteiger partial charge in [-0.25, -0.2) is 0 Å². The molecule has 54 heavy (non-hydrogen) atoms. The summed E-state index contributed by atoms with van der Waals surface area (Å²) in [5.74, 6) is 0. The smallest absolute Gasteiger partial charge is 0.332 e. The van der Waals surface area contributed by atoms with Crippen LogP contribution in [-0.4, -0.2) is 22.7 Å². The molecule has 0 atom stereocenters. The van der Waals surface area contributed by atoms with E-state index in [1.54, 1.807) is 0 Å². The molecule has 2 aromatic heterocycles. The Morgan fingerprint density at radius 1 is 0.426 bits per heavy atom. The molecular formula is C48H40B2N4. The van der Waals surface area contributed by atoms with E-state index >= 15 is 0 Å². The van der Waals surface area contributed by atoms with Gasteiger partial charge in [0.1, 0.15) is 0 Å². The summed E-state index contributed by atoms with van der Waals surface area (Å²) in [6, 6.07) is 46.4. The van der Waals surface area contributed by atoms with Crippen LogP contribution in [-0.2, 0) is 10.8 Å². The highest BCUT2D eigenvalue weighted by Crippen LogP contribution is 2.51. The zero-order valence-electron chi connectivity index (χ0n) is 31.6. The minimum absolute atomic E-state index is 0.00219. The van der Waals surface area contributed by atoms with Gasteiger partial charge in [0, 0.05) is 50.7 Å². The van der Waals surface area contributed by atoms with Gasteiger partial charge >= 0.3 is 13.7 Å². The van der Waals surface area contributed by atoms with Crippen LogP contribution in [0.5, 0.6) is 0 Å². The zero-order chi connectivity index (χ0) is 36.4. The number of nitrogens with zero attached hydrogens (tertiary/aromatic N) is 4. The normalized spacial score (nSPS) is 14.7. The Balaban J connectivity index is 1.29. The van der Waals surface area contributed by atoms with Crippen molar-refractivity contribution in [1.82, 2.24) is 8.96 Å². The number of para-hydroxylation sites is 2. The maximum absolute atomic E-state index is 2.60. The van der Waals surface area contributed by atoms with Crippen LogP contribution in [0.1, 0.15) is 52.7 Å². The standard InChI is InChI=1S/C48H40B2N4/c1-47(2,3)31-17-19-35-37(26-31)53(33-13-9-7-10-14-33)39-28-40-44-41-42-45-29(21-23-51(45)49(35)43(39)41)25-30-22-24-52(46(30)42)50(44)36-20-18-32(48(4,5)6)27-38(36)54(40)34-15-11-8-12-16-34/h7-28H,1-6H3. The minimum atomic E-state index is 0.00219. The Morgan fingerprint density at radius 3 is 1.30 bits per heavy atom. The number of hydrogen-bond acceptors (Lipinski definition) is 2. The highest BCUT2D eigenvalue weighted by molar-refractivity contribution is 6.94. The second-order valence-electron chi connectivity index (χ2n) is 17.9. The summed E-state index contributed by atoms with van der Waals surface area (Å²) < 4.78 is 5.19. The molecule has 6 heterocycles. The summed E-state index contributed by atoms with van der Waals surface area (Å²) in [6.07, 6.45) is 4.71. The second kappa shape index (κ2) is 10.0. The molecule has 0 saturated heterocycles. The number of anilines is 6. The predicted molar refractivity (Wildman–Crippen MR) is 230 cm³/mol. The lowest BCUT2D eigenvalue weighted by molar-refractivity contribution is 0.590. The lowest BCUT2D eigenvalue weighted by atomic mass is 9.39. The van der Waals surface area contributed by atoms with Crippen LogP contribution in [0.3, 0.4) is 0 Å². The maximum Gasteiger partial charge on any atom is 0.332 e. The van der Waals surface area contributed by atoms with E-state index in [1.165, 1.54) is 100 Å². The summed E-state index contributed by atoms with van der Waals surface area (Å²) in [6.45, 7) is 14.0. The molecule has 4 aliphatic heterocycles. The number of aromatic nitrogens is 2. The van der Waals surface area contributed by atoms with Gasteiger partial charge in [-0.3, -0.25) is 0 Å². The molecule has 8 aromatic rings. The number of fused-ring (bicyclic) bond motifs is 6. The van der Waals surface area contributed by atoms with Crippen LogP contribution >= 0.6 is 0 Å². The van der Waals surface area contributed by atoms with Crippen molar-refractivity contribution in [2.24, 2.45) is 0 Å². The molecule has 0 fully saturated rings. The molecule has 0 radical (unpaired) electrons. The Morgan fingerprint density at radius 2 is 0.870 bits per heavy atom. The van der Waals surface area contributed by atoms with Crippen LogP contribution in [0, 0.1) is 0 Å². The van der Waals surface area contributed by atoms with Crippen LogP contribution in [0.2, 0.25) is 0 Å². The SMILES string of the molecule is CC(C)(C)c1ccc2c(c1)N(c1ccccc1)c1cc3c4c5c1B2n1ccc2cc6ccn(c6c-5c21)B4c1ccc(C(C)(C)C)cc1N3c1ccccc1. The lowest BCUT2D eigenvalue weighted by Gasteiger charge is -2.47. The van der Waals surface area contributed by atoms with Crippen molar-refractivity contribution in [2.45, 2.75) is 52.4 Å². The molecule has 258 valence electrons. The first-order chi connectivity index (χ1) is 26.1. The maximum atomic E-state index is 2.60. The molecule has 0 aliphatic carbocycles. The van der Waals surface area contributed by atoms with Gasteiger partial charge in [-0.15, -0.1) is 0 Å². The van der Waals surface area contributed by atoms with Gasteiger partial charge in [-0.2, -0.15) is 0 Å². The molecule has 0 bridgehead atoms. The first kappa shape index (κ1) is 30.6. The molecule has 4 nitrogen and oxygen atoms in total. The van der Waals surface area contributed by atoms with Crippen molar-refractivity contribution < 1.29 is 0 Å². The fourth-order valence-electron chi connectivity index (χ4n) is 10.3. The summed E-state index contributed by atoms with van der Waals surface area (Å²) in [7, 11) is 0. The summed E-state index contributed by atoms with van der Waals surface area (Å²) in [5, 5.41) is 2.62. The third-order valence-electron chi connectivity index (χ3n) is 12.8. The van der Waals surface area contributed by atoms with Gasteiger partial charge in [-0.1, -0.05) is 102 Å². The summed E-state index contributed by atoms with van der Waals surface area (Å²) >= 11 is 0. The van der Waals surface area contributed by atoms with Gasteiger partial charge in [0.15, 0.2) is 0 Å². The van der Waals surface area contributed by atoms with E-state index in [9.17, 15) is 0 Å². The van der Waals surface area contributed by atoms with E-state index in [4.69, 9.17) is 0 Å². The molecule has 0 N–H and O–H groups in total. The fourth-order valence-corrected chi connectivity index (χ4v) is 10.3. The van der Waals surface area contributed by atoms with E-state index < -0.39 is 0 Å². The molecule has 12 rings (SSSR count). The van der Waals surface area contributed by atoms with E-state index in [0.29, 0.717) is 0 Å². The Hall–Kier alpha value is -5.87. The Bertz CT molecular complexity index is 2730. The van der Waals surface area contributed by atoms with Crippen molar-refractivity contribution in [1.29, 1.82) is 0 Å². The van der Waals surface area contributed by atoms with Crippen molar-refractivity contribution >= 4 is 91.5 Å². The molecule has 4 aliphatic rings. The van der Waals surface area contributed by atoms with E-state index in [-0.39, 0.29) is 24.5 Å². The van der Waals surface area contributed by atoms with Crippen molar-refractivity contribution in [2.75, 3.05) is 9.80 Å². The second-order valence-corrected chi connectivity index (χ2v) is 17.9. The molecule has 0 spiro atoms. The number of rotatable bonds is 2. The third-order valence-corrected chi connectivity index (χ3v) is 12.8. The largest absolute Gasteiger partial charge is 0.382 e. The van der Waals surface area contributed by atoms with Crippen LogP contribution in [0.25, 0.3) is 32.9 Å². The van der Waals surface area contributed by atoms with Gasteiger partial charge < -0.3 is 18.8 Å². The first-order valence-electron chi connectivity index (χ1n) is 19.4. The highest BCUT2D eigenvalue weighted by atomic mass is 15.2. The molecule has 6 heteroatoms. The van der Waals surface area contributed by atoms with Crippen LogP contribution in [0.15, 0.2) is 134 Å². The number of hydrogen-bond donors (Lipinski definition) is 0. The number of benzene rings is 6. The van der Waals surface area contributed by atoms with Crippen molar-refractivity contribution in [3.63, 3.8) is 0 Å². The van der Waals surface area contributed by atoms with Crippen LogP contribution in [0.4, 0.5) is 34.1 Å². The Kier molecular flexibility index (Phi) is 5.66. The van der Waals surface area contributed by atoms with Crippen molar-refractivity contribution in [3.8, 4) is 11.1 Å². The molecule has 0 saturated carbocycles. The predicted octanol–water partition coefficient (Wildman–Crippen LogP) is 9.36. The van der Waals surface area contributed by atoms with Crippen LogP contribution < -0.4 is 31.7 Å². The topological polar surface area (TPSA) is 16.3 Å². The monoisotopic (exact) mass is 694 g/mol. The first-order valence-corrected chi connectivity index (χ1v) is 19.4. The average molecular weight is 695 g/mol. The van der Waals surface area contributed by atoms with E-state index in [1.807, 2.05) is 0 Å². The van der Waals surface area contributed by atoms with Gasteiger partial charge in [-0.05, 0) is 133 Å². The van der Waals surface area contributed by atoms with Gasteiger partial charge in [0.2, 0.25) is 0 Å². The Labute approximate surface area is 317 Å². The average Bonchev–Trinajstić information content (AvgIpc) is 3.80. The molecule has 6 aromatic carbocycles. The quantitative estimate of drug-likeness (QED) is 0.168. The van der Waals surface area contributed by atoms with E-state index in [0.717, 1.165) is 0 Å². The van der Waals surface area contributed by atoms with Gasteiger partial charge in [0.25, 0.3) is 0 Å².